The molecule has 1 fully saturated rings. The molecule has 0 saturated carbocycles. The molecule has 2 heterocycles. The Morgan fingerprint density at radius 2 is 2.33 bits per heavy atom. The molecule has 8 heteroatoms. The second kappa shape index (κ2) is 8.27. The standard InChI is InChI=1S/C16H17Cl2N3O2S/c17-13-3-1-2-10(15(13)18)6-12-8-20-16(24-12)21-14(22)7-11-9-23-5-4-19-11/h1-3,8,11,19H,4-7,9H2,(H,20,21,22). The highest BCUT2D eigenvalue weighted by molar-refractivity contribution is 7.15. The number of hydrogen-bond acceptors (Lipinski definition) is 5. The lowest BCUT2D eigenvalue weighted by atomic mass is 10.1. The molecule has 2 aromatic rings. The number of thiazole rings is 1. The summed E-state index contributed by atoms with van der Waals surface area (Å²) in [7, 11) is 0. The predicted molar refractivity (Wildman–Crippen MR) is 97.2 cm³/mol. The Morgan fingerprint density at radius 3 is 3.12 bits per heavy atom. The van der Waals surface area contributed by atoms with E-state index >= 15 is 0 Å². The van der Waals surface area contributed by atoms with E-state index < -0.39 is 0 Å². The van der Waals surface area contributed by atoms with E-state index in [9.17, 15) is 4.79 Å². The summed E-state index contributed by atoms with van der Waals surface area (Å²) in [5, 5.41) is 7.77. The lowest BCUT2D eigenvalue weighted by Gasteiger charge is -2.22. The first kappa shape index (κ1) is 17.6. The third-order valence-corrected chi connectivity index (χ3v) is 5.40. The van der Waals surface area contributed by atoms with Gasteiger partial charge in [0.25, 0.3) is 0 Å². The topological polar surface area (TPSA) is 63.2 Å². The van der Waals surface area contributed by atoms with Crippen molar-refractivity contribution in [1.29, 1.82) is 0 Å². The number of carbonyl (C=O) groups excluding carboxylic acids is 1. The molecule has 1 unspecified atom stereocenters. The number of halogens is 2. The van der Waals surface area contributed by atoms with Gasteiger partial charge in [-0.05, 0) is 11.6 Å². The van der Waals surface area contributed by atoms with Crippen molar-refractivity contribution in [2.75, 3.05) is 25.1 Å². The maximum atomic E-state index is 12.1. The molecular weight excluding hydrogens is 369 g/mol. The summed E-state index contributed by atoms with van der Waals surface area (Å²) in [4.78, 5) is 17.3. The summed E-state index contributed by atoms with van der Waals surface area (Å²) in [6.45, 7) is 2.03. The normalized spacial score (nSPS) is 17.7. The van der Waals surface area contributed by atoms with Crippen LogP contribution in [0.25, 0.3) is 0 Å². The van der Waals surface area contributed by atoms with Crippen LogP contribution in [0.5, 0.6) is 0 Å². The fourth-order valence-electron chi connectivity index (χ4n) is 2.46. The van der Waals surface area contributed by atoms with Crippen molar-refractivity contribution in [2.24, 2.45) is 0 Å². The van der Waals surface area contributed by atoms with Gasteiger partial charge in [-0.2, -0.15) is 0 Å². The summed E-state index contributed by atoms with van der Waals surface area (Å²) in [5.41, 5.74) is 0.939. The summed E-state index contributed by atoms with van der Waals surface area (Å²) < 4.78 is 5.35. The largest absolute Gasteiger partial charge is 0.378 e. The van der Waals surface area contributed by atoms with E-state index in [4.69, 9.17) is 27.9 Å². The van der Waals surface area contributed by atoms with Crippen LogP contribution in [0.4, 0.5) is 5.13 Å². The number of aromatic nitrogens is 1. The fraction of sp³-hybridized carbons (Fsp3) is 0.375. The van der Waals surface area contributed by atoms with Gasteiger partial charge in [-0.3, -0.25) is 4.79 Å². The van der Waals surface area contributed by atoms with Crippen LogP contribution >= 0.6 is 34.5 Å². The van der Waals surface area contributed by atoms with Crippen LogP contribution in [0.1, 0.15) is 16.9 Å². The molecule has 1 saturated heterocycles. The Bertz CT molecular complexity index is 717. The minimum Gasteiger partial charge on any atom is -0.378 e. The molecule has 5 nitrogen and oxygen atoms in total. The maximum absolute atomic E-state index is 12.1. The number of amides is 1. The minimum absolute atomic E-state index is 0.0587. The third-order valence-electron chi connectivity index (χ3n) is 3.63. The fourth-order valence-corrected chi connectivity index (χ4v) is 3.70. The summed E-state index contributed by atoms with van der Waals surface area (Å²) in [5.74, 6) is -0.0697. The molecule has 0 bridgehead atoms. The van der Waals surface area contributed by atoms with E-state index in [1.54, 1.807) is 12.3 Å². The molecule has 0 spiro atoms. The van der Waals surface area contributed by atoms with Crippen LogP contribution in [0.3, 0.4) is 0 Å². The van der Waals surface area contributed by atoms with Gasteiger partial charge in [-0.1, -0.05) is 35.3 Å². The van der Waals surface area contributed by atoms with Crippen LogP contribution in [0.2, 0.25) is 10.0 Å². The number of benzene rings is 1. The van der Waals surface area contributed by atoms with Crippen molar-refractivity contribution in [3.05, 3.63) is 44.9 Å². The summed E-state index contributed by atoms with van der Waals surface area (Å²) >= 11 is 13.7. The number of carbonyl (C=O) groups is 1. The molecule has 1 atom stereocenters. The zero-order valence-corrected chi connectivity index (χ0v) is 15.2. The molecule has 128 valence electrons. The molecule has 1 aliphatic rings. The van der Waals surface area contributed by atoms with E-state index in [0.717, 1.165) is 17.0 Å². The van der Waals surface area contributed by atoms with Gasteiger partial charge < -0.3 is 15.4 Å². The lowest BCUT2D eigenvalue weighted by molar-refractivity contribution is -0.117. The zero-order chi connectivity index (χ0) is 16.9. The molecule has 3 rings (SSSR count). The van der Waals surface area contributed by atoms with Gasteiger partial charge in [-0.25, -0.2) is 4.98 Å². The van der Waals surface area contributed by atoms with Crippen molar-refractivity contribution in [2.45, 2.75) is 18.9 Å². The SMILES string of the molecule is O=C(CC1COCCN1)Nc1ncc(Cc2cccc(Cl)c2Cl)s1. The molecule has 24 heavy (non-hydrogen) atoms. The molecule has 1 aromatic carbocycles. The number of rotatable bonds is 5. The van der Waals surface area contributed by atoms with Gasteiger partial charge in [0.2, 0.25) is 5.91 Å². The molecule has 1 aliphatic heterocycles. The monoisotopic (exact) mass is 385 g/mol. The number of nitrogens with one attached hydrogen (secondary N) is 2. The lowest BCUT2D eigenvalue weighted by Crippen LogP contribution is -2.43. The van der Waals surface area contributed by atoms with Crippen LogP contribution in [-0.4, -0.2) is 36.7 Å². The van der Waals surface area contributed by atoms with E-state index in [1.165, 1.54) is 11.3 Å². The molecule has 2 N–H and O–H groups in total. The summed E-state index contributed by atoms with van der Waals surface area (Å²) in [6, 6.07) is 5.62. The van der Waals surface area contributed by atoms with Gasteiger partial charge in [-0.15, -0.1) is 11.3 Å². The smallest absolute Gasteiger partial charge is 0.227 e. The van der Waals surface area contributed by atoms with Gasteiger partial charge in [0.15, 0.2) is 5.13 Å². The number of nitrogens with zero attached hydrogens (tertiary/aromatic N) is 1. The Labute approximate surface area is 154 Å². The number of hydrogen-bond donors (Lipinski definition) is 2. The third kappa shape index (κ3) is 4.68. The average Bonchev–Trinajstić information content (AvgIpc) is 2.99. The number of anilines is 1. The van der Waals surface area contributed by atoms with Crippen LogP contribution in [-0.2, 0) is 16.0 Å². The zero-order valence-electron chi connectivity index (χ0n) is 12.9. The Kier molecular flexibility index (Phi) is 6.08. The van der Waals surface area contributed by atoms with Crippen LogP contribution in [0.15, 0.2) is 24.4 Å². The second-order valence-electron chi connectivity index (χ2n) is 5.50. The number of ether oxygens (including phenoxy) is 1. The van der Waals surface area contributed by atoms with E-state index in [2.05, 4.69) is 15.6 Å². The minimum atomic E-state index is -0.0697. The predicted octanol–water partition coefficient (Wildman–Crippen LogP) is 3.36. The first-order chi connectivity index (χ1) is 11.6. The molecule has 0 aliphatic carbocycles. The second-order valence-corrected chi connectivity index (χ2v) is 7.40. The van der Waals surface area contributed by atoms with Crippen LogP contribution < -0.4 is 10.6 Å². The molecule has 0 radical (unpaired) electrons. The van der Waals surface area contributed by atoms with E-state index in [-0.39, 0.29) is 11.9 Å². The van der Waals surface area contributed by atoms with E-state index in [0.29, 0.717) is 41.2 Å². The first-order valence-electron chi connectivity index (χ1n) is 7.60. The van der Waals surface area contributed by atoms with Gasteiger partial charge >= 0.3 is 0 Å². The van der Waals surface area contributed by atoms with Crippen molar-refractivity contribution < 1.29 is 9.53 Å². The Balaban J connectivity index is 1.57. The van der Waals surface area contributed by atoms with Gasteiger partial charge in [0.05, 0.1) is 23.3 Å². The highest BCUT2D eigenvalue weighted by Gasteiger charge is 2.17. The van der Waals surface area contributed by atoms with Gasteiger partial charge in [0, 0.05) is 36.5 Å². The maximum Gasteiger partial charge on any atom is 0.227 e. The highest BCUT2D eigenvalue weighted by Crippen LogP contribution is 2.29. The summed E-state index contributed by atoms with van der Waals surface area (Å²) in [6.07, 6.45) is 2.75. The highest BCUT2D eigenvalue weighted by atomic mass is 35.5. The molecule has 1 amide bonds. The average molecular weight is 386 g/mol. The molecule has 1 aromatic heterocycles. The van der Waals surface area contributed by atoms with Crippen molar-refractivity contribution in [1.82, 2.24) is 10.3 Å². The van der Waals surface area contributed by atoms with Gasteiger partial charge in [0.1, 0.15) is 0 Å². The number of morpholine rings is 1. The van der Waals surface area contributed by atoms with Crippen molar-refractivity contribution in [3.8, 4) is 0 Å². The van der Waals surface area contributed by atoms with Crippen molar-refractivity contribution in [3.63, 3.8) is 0 Å². The van der Waals surface area contributed by atoms with E-state index in [1.807, 2.05) is 12.1 Å². The quantitative estimate of drug-likeness (QED) is 0.827. The molecular formula is C16H17Cl2N3O2S. The Hall–Kier alpha value is -1.18. The Morgan fingerprint density at radius 1 is 1.46 bits per heavy atom. The first-order valence-corrected chi connectivity index (χ1v) is 9.17. The van der Waals surface area contributed by atoms with Crippen molar-refractivity contribution >= 4 is 45.6 Å². The van der Waals surface area contributed by atoms with Crippen LogP contribution in [0, 0.1) is 0 Å².